The van der Waals surface area contributed by atoms with Crippen molar-refractivity contribution in [2.45, 2.75) is 36.8 Å². The molecule has 5 rings (SSSR count). The van der Waals surface area contributed by atoms with Gasteiger partial charge >= 0.3 is 0 Å². The summed E-state index contributed by atoms with van der Waals surface area (Å²) in [5.41, 5.74) is 3.70. The van der Waals surface area contributed by atoms with Gasteiger partial charge < -0.3 is 9.32 Å². The third-order valence-electron chi connectivity index (χ3n) is 5.71. The molecule has 7 heteroatoms. The lowest BCUT2D eigenvalue weighted by molar-refractivity contribution is -0.131. The van der Waals surface area contributed by atoms with Gasteiger partial charge in [-0.2, -0.15) is 0 Å². The fourth-order valence-electron chi connectivity index (χ4n) is 4.02. The predicted octanol–water partition coefficient (Wildman–Crippen LogP) is 4.65. The number of nitrogens with zero attached hydrogens (tertiary/aromatic N) is 4. The van der Waals surface area contributed by atoms with E-state index in [1.807, 2.05) is 52.8 Å². The van der Waals surface area contributed by atoms with Crippen LogP contribution in [0.4, 0.5) is 0 Å². The molecule has 0 radical (unpaired) electrons. The molecule has 0 saturated heterocycles. The van der Waals surface area contributed by atoms with E-state index in [1.54, 1.807) is 6.26 Å². The van der Waals surface area contributed by atoms with E-state index >= 15 is 0 Å². The van der Waals surface area contributed by atoms with Crippen LogP contribution in [-0.2, 0) is 24.3 Å². The molecule has 3 heterocycles. The van der Waals surface area contributed by atoms with Crippen molar-refractivity contribution in [3.8, 4) is 11.6 Å². The largest absolute Gasteiger partial charge is 0.461 e. The van der Waals surface area contributed by atoms with Crippen LogP contribution >= 0.6 is 11.8 Å². The Balaban J connectivity index is 1.37. The van der Waals surface area contributed by atoms with Crippen LogP contribution < -0.4 is 0 Å². The predicted molar refractivity (Wildman–Crippen MR) is 124 cm³/mol. The molecular formula is C25H24N4O2S. The Hall–Kier alpha value is -3.32. The molecule has 1 amide bonds. The van der Waals surface area contributed by atoms with Crippen molar-refractivity contribution in [3.05, 3.63) is 89.7 Å². The van der Waals surface area contributed by atoms with Crippen molar-refractivity contribution < 1.29 is 9.21 Å². The van der Waals surface area contributed by atoms with Gasteiger partial charge in [0.25, 0.3) is 0 Å². The number of carbonyl (C=O) groups excluding carboxylic acids is 1. The highest BCUT2D eigenvalue weighted by Crippen LogP contribution is 2.30. The van der Waals surface area contributed by atoms with Gasteiger partial charge in [0.05, 0.1) is 18.1 Å². The molecule has 0 aliphatic carbocycles. The molecule has 0 bridgehead atoms. The summed E-state index contributed by atoms with van der Waals surface area (Å²) < 4.78 is 7.61. The van der Waals surface area contributed by atoms with Crippen molar-refractivity contribution in [2.24, 2.45) is 0 Å². The van der Waals surface area contributed by atoms with Gasteiger partial charge in [-0.15, -0.1) is 10.2 Å². The molecule has 1 atom stereocenters. The van der Waals surface area contributed by atoms with Gasteiger partial charge in [0.1, 0.15) is 0 Å². The summed E-state index contributed by atoms with van der Waals surface area (Å²) >= 11 is 1.45. The zero-order valence-corrected chi connectivity index (χ0v) is 18.7. The summed E-state index contributed by atoms with van der Waals surface area (Å²) in [7, 11) is 0. The van der Waals surface area contributed by atoms with E-state index < -0.39 is 0 Å². The first kappa shape index (κ1) is 20.6. The molecule has 1 aliphatic heterocycles. The second-order valence-electron chi connectivity index (χ2n) is 7.89. The van der Waals surface area contributed by atoms with Gasteiger partial charge in [0, 0.05) is 13.1 Å². The first-order valence-electron chi connectivity index (χ1n) is 10.7. The fourth-order valence-corrected chi connectivity index (χ4v) is 4.95. The van der Waals surface area contributed by atoms with Crippen LogP contribution in [0.15, 0.2) is 82.6 Å². The van der Waals surface area contributed by atoms with Crippen LogP contribution in [0.3, 0.4) is 0 Å². The SMILES string of the molecule is CC(Sc1nnc(-c2ccco2)n1Cc1ccccc1)C(=O)N1CCc2ccccc2C1. The monoisotopic (exact) mass is 444 g/mol. The van der Waals surface area contributed by atoms with Crippen LogP contribution in [0, 0.1) is 0 Å². The maximum Gasteiger partial charge on any atom is 0.236 e. The lowest BCUT2D eigenvalue weighted by atomic mass is 10.00. The lowest BCUT2D eigenvalue weighted by Gasteiger charge is -2.30. The number of hydrogen-bond acceptors (Lipinski definition) is 5. The molecule has 6 nitrogen and oxygen atoms in total. The van der Waals surface area contributed by atoms with Crippen LogP contribution in [-0.4, -0.2) is 37.4 Å². The second-order valence-corrected chi connectivity index (χ2v) is 9.20. The molecular weight excluding hydrogens is 420 g/mol. The van der Waals surface area contributed by atoms with Crippen LogP contribution in [0.5, 0.6) is 0 Å². The average Bonchev–Trinajstić information content (AvgIpc) is 3.49. The Kier molecular flexibility index (Phi) is 5.81. The zero-order valence-electron chi connectivity index (χ0n) is 17.8. The molecule has 2 aromatic carbocycles. The number of carbonyl (C=O) groups is 1. The summed E-state index contributed by atoms with van der Waals surface area (Å²) in [4.78, 5) is 15.2. The molecule has 4 aromatic rings. The molecule has 0 saturated carbocycles. The van der Waals surface area contributed by atoms with Crippen molar-refractivity contribution in [3.63, 3.8) is 0 Å². The molecule has 1 unspecified atom stereocenters. The van der Waals surface area contributed by atoms with Gasteiger partial charge in [-0.05, 0) is 42.2 Å². The highest BCUT2D eigenvalue weighted by atomic mass is 32.2. The van der Waals surface area contributed by atoms with Gasteiger partial charge in [0.15, 0.2) is 10.9 Å². The normalized spacial score (nSPS) is 14.2. The maximum absolute atomic E-state index is 13.2. The van der Waals surface area contributed by atoms with Gasteiger partial charge in [-0.1, -0.05) is 66.4 Å². The number of amides is 1. The number of hydrogen-bond donors (Lipinski definition) is 0. The molecule has 162 valence electrons. The molecule has 1 aliphatic rings. The Labute approximate surface area is 191 Å². The van der Waals surface area contributed by atoms with Crippen LogP contribution in [0.1, 0.15) is 23.6 Å². The third kappa shape index (κ3) is 4.21. The number of furan rings is 1. The molecule has 0 fully saturated rings. The van der Waals surface area contributed by atoms with E-state index in [0.29, 0.717) is 29.8 Å². The van der Waals surface area contributed by atoms with Crippen molar-refractivity contribution >= 4 is 17.7 Å². The smallest absolute Gasteiger partial charge is 0.236 e. The second kappa shape index (κ2) is 9.04. The lowest BCUT2D eigenvalue weighted by Crippen LogP contribution is -2.40. The molecule has 2 aromatic heterocycles. The van der Waals surface area contributed by atoms with Gasteiger partial charge in [0.2, 0.25) is 11.7 Å². The van der Waals surface area contributed by atoms with E-state index in [9.17, 15) is 4.79 Å². The van der Waals surface area contributed by atoms with Crippen molar-refractivity contribution in [1.29, 1.82) is 0 Å². The summed E-state index contributed by atoms with van der Waals surface area (Å²) in [6, 6.07) is 22.2. The first-order valence-corrected chi connectivity index (χ1v) is 11.6. The van der Waals surface area contributed by atoms with E-state index in [-0.39, 0.29) is 11.2 Å². The minimum Gasteiger partial charge on any atom is -0.461 e. The van der Waals surface area contributed by atoms with Crippen LogP contribution in [0.2, 0.25) is 0 Å². The molecule has 0 N–H and O–H groups in total. The van der Waals surface area contributed by atoms with Gasteiger partial charge in [-0.25, -0.2) is 0 Å². The highest BCUT2D eigenvalue weighted by molar-refractivity contribution is 8.00. The van der Waals surface area contributed by atoms with Crippen molar-refractivity contribution in [1.82, 2.24) is 19.7 Å². The number of rotatable bonds is 6. The van der Waals surface area contributed by atoms with E-state index in [1.165, 1.54) is 22.9 Å². The standard InChI is InChI=1S/C25H24N4O2S/c1-18(24(30)28-14-13-20-10-5-6-11-21(20)17-28)32-25-27-26-23(22-12-7-15-31-22)29(25)16-19-8-3-2-4-9-19/h2-12,15,18H,13-14,16-17H2,1H3. The Morgan fingerprint density at radius 3 is 2.59 bits per heavy atom. The maximum atomic E-state index is 13.2. The Morgan fingerprint density at radius 2 is 1.81 bits per heavy atom. The topological polar surface area (TPSA) is 64.2 Å². The summed E-state index contributed by atoms with van der Waals surface area (Å²) in [6.07, 6.45) is 2.52. The Bertz CT molecular complexity index is 1200. The first-order chi connectivity index (χ1) is 15.7. The van der Waals surface area contributed by atoms with Gasteiger partial charge in [-0.3, -0.25) is 9.36 Å². The quantitative estimate of drug-likeness (QED) is 0.405. The average molecular weight is 445 g/mol. The number of fused-ring (bicyclic) bond motifs is 1. The summed E-state index contributed by atoms with van der Waals surface area (Å²) in [5, 5.41) is 9.23. The molecule has 32 heavy (non-hydrogen) atoms. The zero-order chi connectivity index (χ0) is 21.9. The van der Waals surface area contributed by atoms with Crippen LogP contribution in [0.25, 0.3) is 11.6 Å². The summed E-state index contributed by atoms with van der Waals surface area (Å²) in [5.74, 6) is 1.44. The number of thioether (sulfide) groups is 1. The summed E-state index contributed by atoms with van der Waals surface area (Å²) in [6.45, 7) is 3.95. The number of benzene rings is 2. The molecule has 0 spiro atoms. The highest BCUT2D eigenvalue weighted by Gasteiger charge is 2.27. The third-order valence-corrected chi connectivity index (χ3v) is 6.78. The minimum absolute atomic E-state index is 0.123. The Morgan fingerprint density at radius 1 is 1.03 bits per heavy atom. The van der Waals surface area contributed by atoms with Crippen molar-refractivity contribution in [2.75, 3.05) is 6.54 Å². The van der Waals surface area contributed by atoms with E-state index in [4.69, 9.17) is 4.42 Å². The number of aromatic nitrogens is 3. The van der Waals surface area contributed by atoms with E-state index in [2.05, 4.69) is 40.5 Å². The van der Waals surface area contributed by atoms with E-state index in [0.717, 1.165) is 18.5 Å². The minimum atomic E-state index is -0.275. The fraction of sp³-hybridized carbons (Fsp3) is 0.240.